The lowest BCUT2D eigenvalue weighted by atomic mass is 9.94. The van der Waals surface area contributed by atoms with E-state index in [1.165, 1.54) is 17.9 Å². The Morgan fingerprint density at radius 3 is 2.45 bits per heavy atom. The van der Waals surface area contributed by atoms with E-state index in [9.17, 15) is 4.79 Å². The van der Waals surface area contributed by atoms with Crippen LogP contribution in [0, 0.1) is 0 Å². The monoisotopic (exact) mass is 469 g/mol. The zero-order valence-corrected chi connectivity index (χ0v) is 18.6. The molecule has 0 bridgehead atoms. The summed E-state index contributed by atoms with van der Waals surface area (Å²) in [6.45, 7) is 1.44. The molecule has 5 rings (SSSR count). The summed E-state index contributed by atoms with van der Waals surface area (Å²) in [5.74, 6) is 0.284. The zero-order chi connectivity index (χ0) is 21.4. The van der Waals surface area contributed by atoms with Gasteiger partial charge in [-0.15, -0.1) is 0 Å². The third-order valence-electron chi connectivity index (χ3n) is 5.53. The molecule has 0 unspecified atom stereocenters. The predicted octanol–water partition coefficient (Wildman–Crippen LogP) is 7.27. The van der Waals surface area contributed by atoms with Gasteiger partial charge in [-0.2, -0.15) is 0 Å². The quantitative estimate of drug-likeness (QED) is 0.222. The van der Waals surface area contributed by atoms with Gasteiger partial charge in [0.15, 0.2) is 0 Å². The SMILES string of the molecule is CC(=O)Oc1ccc2cc(Br)ccc2c1Cc1c(-c2ccccc2)[nH]c2ccccc12. The van der Waals surface area contributed by atoms with Crippen molar-refractivity contribution < 1.29 is 9.53 Å². The molecule has 0 atom stereocenters. The number of esters is 1. The van der Waals surface area contributed by atoms with Crippen LogP contribution in [0.25, 0.3) is 32.9 Å². The smallest absolute Gasteiger partial charge is 0.308 e. The second-order valence-electron chi connectivity index (χ2n) is 7.57. The van der Waals surface area contributed by atoms with E-state index >= 15 is 0 Å². The fourth-order valence-electron chi connectivity index (χ4n) is 4.19. The summed E-state index contributed by atoms with van der Waals surface area (Å²) in [5, 5.41) is 3.34. The van der Waals surface area contributed by atoms with Gasteiger partial charge in [0.05, 0.1) is 5.69 Å². The number of hydrogen-bond acceptors (Lipinski definition) is 2. The highest BCUT2D eigenvalue weighted by Crippen LogP contribution is 2.37. The van der Waals surface area contributed by atoms with E-state index < -0.39 is 0 Å². The number of benzene rings is 4. The summed E-state index contributed by atoms with van der Waals surface area (Å²) in [4.78, 5) is 15.4. The fourth-order valence-corrected chi connectivity index (χ4v) is 4.57. The number of hydrogen-bond donors (Lipinski definition) is 1. The van der Waals surface area contributed by atoms with Gasteiger partial charge in [0.2, 0.25) is 0 Å². The van der Waals surface area contributed by atoms with Crippen LogP contribution in [-0.2, 0) is 11.2 Å². The lowest BCUT2D eigenvalue weighted by Crippen LogP contribution is -2.05. The normalized spacial score (nSPS) is 11.2. The third-order valence-corrected chi connectivity index (χ3v) is 6.03. The van der Waals surface area contributed by atoms with Crippen LogP contribution >= 0.6 is 15.9 Å². The van der Waals surface area contributed by atoms with Gasteiger partial charge in [-0.05, 0) is 46.2 Å². The molecule has 0 saturated heterocycles. The minimum atomic E-state index is -0.320. The number of nitrogens with one attached hydrogen (secondary N) is 1. The lowest BCUT2D eigenvalue weighted by Gasteiger charge is -2.14. The number of carbonyl (C=O) groups is 1. The number of H-pyrrole nitrogens is 1. The van der Waals surface area contributed by atoms with Crippen molar-refractivity contribution in [3.63, 3.8) is 0 Å². The molecular weight excluding hydrogens is 450 g/mol. The molecule has 31 heavy (non-hydrogen) atoms. The van der Waals surface area contributed by atoms with E-state index in [1.54, 1.807) is 0 Å². The molecule has 0 amide bonds. The first-order valence-corrected chi connectivity index (χ1v) is 10.9. The Hall–Kier alpha value is -3.37. The van der Waals surface area contributed by atoms with Crippen LogP contribution in [0.5, 0.6) is 5.75 Å². The van der Waals surface area contributed by atoms with Crippen molar-refractivity contribution in [2.24, 2.45) is 0 Å². The second kappa shape index (κ2) is 8.05. The van der Waals surface area contributed by atoms with Crippen LogP contribution in [0.1, 0.15) is 18.1 Å². The van der Waals surface area contributed by atoms with Crippen LogP contribution in [-0.4, -0.2) is 11.0 Å². The van der Waals surface area contributed by atoms with Crippen LogP contribution < -0.4 is 4.74 Å². The molecular formula is C27H20BrNO2. The van der Waals surface area contributed by atoms with Crippen molar-refractivity contribution >= 4 is 43.6 Å². The predicted molar refractivity (Wildman–Crippen MR) is 129 cm³/mol. The average molecular weight is 470 g/mol. The topological polar surface area (TPSA) is 42.1 Å². The number of ether oxygens (including phenoxy) is 1. The Kier molecular flexibility index (Phi) is 5.08. The number of halogens is 1. The fraction of sp³-hybridized carbons (Fsp3) is 0.0741. The van der Waals surface area contributed by atoms with Crippen molar-refractivity contribution in [3.05, 3.63) is 101 Å². The van der Waals surface area contributed by atoms with Crippen molar-refractivity contribution in [2.75, 3.05) is 0 Å². The molecule has 0 fully saturated rings. The van der Waals surface area contributed by atoms with Gasteiger partial charge in [0.1, 0.15) is 5.75 Å². The lowest BCUT2D eigenvalue weighted by molar-refractivity contribution is -0.131. The molecule has 0 spiro atoms. The third kappa shape index (κ3) is 3.75. The highest BCUT2D eigenvalue weighted by Gasteiger charge is 2.18. The van der Waals surface area contributed by atoms with Crippen LogP contribution in [0.2, 0.25) is 0 Å². The van der Waals surface area contributed by atoms with E-state index in [4.69, 9.17) is 4.74 Å². The number of aromatic amines is 1. The maximum Gasteiger partial charge on any atom is 0.308 e. The van der Waals surface area contributed by atoms with Crippen molar-refractivity contribution in [3.8, 4) is 17.0 Å². The largest absolute Gasteiger partial charge is 0.426 e. The van der Waals surface area contributed by atoms with E-state index in [0.717, 1.165) is 37.6 Å². The Morgan fingerprint density at radius 2 is 1.65 bits per heavy atom. The molecule has 3 nitrogen and oxygen atoms in total. The molecule has 1 aromatic heterocycles. The first-order chi connectivity index (χ1) is 15.1. The maximum absolute atomic E-state index is 11.8. The minimum absolute atomic E-state index is 0.320. The van der Waals surface area contributed by atoms with Crippen molar-refractivity contribution in [1.82, 2.24) is 4.98 Å². The van der Waals surface area contributed by atoms with Crippen LogP contribution in [0.15, 0.2) is 89.4 Å². The summed E-state index contributed by atoms with van der Waals surface area (Å²) in [6, 6.07) is 28.7. The molecule has 4 aromatic carbocycles. The first-order valence-electron chi connectivity index (χ1n) is 10.1. The number of aromatic nitrogens is 1. The van der Waals surface area contributed by atoms with E-state index in [1.807, 2.05) is 42.5 Å². The maximum atomic E-state index is 11.8. The van der Waals surface area contributed by atoms with Gasteiger partial charge < -0.3 is 9.72 Å². The Balaban J connectivity index is 1.76. The Bertz CT molecular complexity index is 1420. The minimum Gasteiger partial charge on any atom is -0.426 e. The molecule has 0 radical (unpaired) electrons. The zero-order valence-electron chi connectivity index (χ0n) is 17.0. The molecule has 0 aliphatic heterocycles. The summed E-state index contributed by atoms with van der Waals surface area (Å²) in [6.07, 6.45) is 0.635. The molecule has 5 aromatic rings. The summed E-state index contributed by atoms with van der Waals surface area (Å²) >= 11 is 3.56. The van der Waals surface area contributed by atoms with E-state index in [2.05, 4.69) is 63.4 Å². The van der Waals surface area contributed by atoms with Gasteiger partial charge in [-0.25, -0.2) is 0 Å². The number of carbonyl (C=O) groups excluding carboxylic acids is 1. The molecule has 152 valence electrons. The Morgan fingerprint density at radius 1 is 0.871 bits per heavy atom. The molecule has 0 aliphatic rings. The molecule has 4 heteroatoms. The second-order valence-corrected chi connectivity index (χ2v) is 8.48. The van der Waals surface area contributed by atoms with Gasteiger partial charge in [-0.1, -0.05) is 76.6 Å². The number of rotatable bonds is 4. The van der Waals surface area contributed by atoms with Crippen molar-refractivity contribution in [2.45, 2.75) is 13.3 Å². The highest BCUT2D eigenvalue weighted by molar-refractivity contribution is 9.10. The first kappa shape index (κ1) is 19.6. The summed E-state index contributed by atoms with van der Waals surface area (Å²) in [7, 11) is 0. The van der Waals surface area contributed by atoms with E-state index in [0.29, 0.717) is 12.2 Å². The van der Waals surface area contributed by atoms with Gasteiger partial charge in [-0.3, -0.25) is 4.79 Å². The number of para-hydroxylation sites is 1. The average Bonchev–Trinajstić information content (AvgIpc) is 3.14. The Labute approximate surface area is 188 Å². The molecule has 0 saturated carbocycles. The molecule has 1 N–H and O–H groups in total. The van der Waals surface area contributed by atoms with Crippen LogP contribution in [0.4, 0.5) is 0 Å². The highest BCUT2D eigenvalue weighted by atomic mass is 79.9. The van der Waals surface area contributed by atoms with Crippen molar-refractivity contribution in [1.29, 1.82) is 0 Å². The molecule has 1 heterocycles. The number of fused-ring (bicyclic) bond motifs is 2. The van der Waals surface area contributed by atoms with Crippen LogP contribution in [0.3, 0.4) is 0 Å². The summed E-state index contributed by atoms with van der Waals surface area (Å²) in [5.41, 5.74) is 5.50. The van der Waals surface area contributed by atoms with Gasteiger partial charge >= 0.3 is 5.97 Å². The van der Waals surface area contributed by atoms with Gasteiger partial charge in [0, 0.05) is 34.3 Å². The molecule has 0 aliphatic carbocycles. The van der Waals surface area contributed by atoms with Gasteiger partial charge in [0.25, 0.3) is 0 Å². The van der Waals surface area contributed by atoms with E-state index in [-0.39, 0.29) is 5.97 Å². The standard InChI is InChI=1S/C27H20BrNO2/c1-17(30)31-26-14-11-19-15-20(28)12-13-21(19)23(26)16-24-22-9-5-6-10-25(22)29-27(24)18-7-3-2-4-8-18/h2-15,29H,16H2,1H3. The summed E-state index contributed by atoms with van der Waals surface area (Å²) < 4.78 is 6.65.